The number of rotatable bonds is 7. The lowest BCUT2D eigenvalue weighted by Crippen LogP contribution is -2.61. The van der Waals surface area contributed by atoms with Gasteiger partial charge in [-0.25, -0.2) is 0 Å². The largest absolute Gasteiger partial charge is 0.329 e. The van der Waals surface area contributed by atoms with Gasteiger partial charge in [-0.15, -0.1) is 0 Å². The topological polar surface area (TPSA) is 32.5 Å². The van der Waals surface area contributed by atoms with Gasteiger partial charge in [-0.05, 0) is 44.7 Å². The molecule has 0 saturated carbocycles. The smallest absolute Gasteiger partial charge is 0.0358 e. The van der Waals surface area contributed by atoms with Gasteiger partial charge in [-0.1, -0.05) is 33.6 Å². The Hall–Kier alpha value is -0.120. The molecule has 2 N–H and O–H groups in total. The molecule has 0 aliphatic carbocycles. The predicted molar refractivity (Wildman–Crippen MR) is 86.9 cm³/mol. The van der Waals surface area contributed by atoms with E-state index in [1.807, 2.05) is 0 Å². The first-order valence-electron chi connectivity index (χ1n) is 8.88. The second-order valence-electron chi connectivity index (χ2n) is 6.94. The van der Waals surface area contributed by atoms with Gasteiger partial charge in [-0.2, -0.15) is 0 Å². The van der Waals surface area contributed by atoms with E-state index in [1.54, 1.807) is 0 Å². The molecule has 20 heavy (non-hydrogen) atoms. The monoisotopic (exact) mass is 281 g/mol. The summed E-state index contributed by atoms with van der Waals surface area (Å²) in [6, 6.07) is 0.808. The van der Waals surface area contributed by atoms with Crippen LogP contribution in [0.3, 0.4) is 0 Å². The van der Waals surface area contributed by atoms with Crippen molar-refractivity contribution in [3.8, 4) is 0 Å². The van der Waals surface area contributed by atoms with Crippen LogP contribution in [0, 0.1) is 5.92 Å². The van der Waals surface area contributed by atoms with E-state index in [4.69, 9.17) is 5.73 Å². The Kier molecular flexibility index (Phi) is 5.88. The molecular weight excluding hydrogens is 246 g/mol. The Morgan fingerprint density at radius 2 is 2.00 bits per heavy atom. The second kappa shape index (κ2) is 7.24. The summed E-state index contributed by atoms with van der Waals surface area (Å²) in [5.74, 6) is 0.833. The molecule has 2 saturated heterocycles. The number of fused-ring (bicyclic) bond motifs is 1. The molecule has 2 atom stereocenters. The van der Waals surface area contributed by atoms with Crippen molar-refractivity contribution in [1.29, 1.82) is 0 Å². The summed E-state index contributed by atoms with van der Waals surface area (Å²) in [7, 11) is 0. The van der Waals surface area contributed by atoms with Crippen LogP contribution in [0.5, 0.6) is 0 Å². The summed E-state index contributed by atoms with van der Waals surface area (Å²) >= 11 is 0. The molecule has 2 heterocycles. The summed E-state index contributed by atoms with van der Waals surface area (Å²) in [5.41, 5.74) is 6.58. The van der Waals surface area contributed by atoms with Gasteiger partial charge >= 0.3 is 0 Å². The zero-order valence-electron chi connectivity index (χ0n) is 13.9. The van der Waals surface area contributed by atoms with Gasteiger partial charge in [0.2, 0.25) is 0 Å². The van der Waals surface area contributed by atoms with Crippen molar-refractivity contribution in [2.24, 2.45) is 11.7 Å². The Morgan fingerprint density at radius 1 is 1.25 bits per heavy atom. The fourth-order valence-corrected chi connectivity index (χ4v) is 4.43. The highest BCUT2D eigenvalue weighted by Gasteiger charge is 2.43. The average molecular weight is 281 g/mol. The number of hydrogen-bond donors (Lipinski definition) is 1. The van der Waals surface area contributed by atoms with Gasteiger partial charge in [0.1, 0.15) is 0 Å². The van der Waals surface area contributed by atoms with E-state index >= 15 is 0 Å². The van der Waals surface area contributed by atoms with Crippen LogP contribution in [-0.4, -0.2) is 54.1 Å². The van der Waals surface area contributed by atoms with E-state index in [2.05, 4.69) is 30.6 Å². The maximum Gasteiger partial charge on any atom is 0.0358 e. The molecule has 118 valence electrons. The Labute approximate surface area is 125 Å². The van der Waals surface area contributed by atoms with Crippen LogP contribution in [0.2, 0.25) is 0 Å². The van der Waals surface area contributed by atoms with Gasteiger partial charge in [0.15, 0.2) is 0 Å². The molecule has 0 bridgehead atoms. The van der Waals surface area contributed by atoms with Crippen LogP contribution < -0.4 is 5.73 Å². The SMILES string of the molecule is CCC(CC)CN(CC)C1(CN)CCN2CCCC2C1. The van der Waals surface area contributed by atoms with Crippen molar-refractivity contribution in [3.05, 3.63) is 0 Å². The lowest BCUT2D eigenvalue weighted by Gasteiger charge is -2.51. The molecule has 0 radical (unpaired) electrons. The van der Waals surface area contributed by atoms with E-state index in [9.17, 15) is 0 Å². The van der Waals surface area contributed by atoms with Gasteiger partial charge in [0, 0.05) is 31.2 Å². The minimum Gasteiger partial charge on any atom is -0.329 e. The Bertz CT molecular complexity index is 290. The summed E-state index contributed by atoms with van der Waals surface area (Å²) in [4.78, 5) is 5.44. The third-order valence-corrected chi connectivity index (χ3v) is 6.04. The van der Waals surface area contributed by atoms with E-state index in [-0.39, 0.29) is 5.54 Å². The molecule has 2 rings (SSSR count). The lowest BCUT2D eigenvalue weighted by atomic mass is 9.80. The summed E-state index contributed by atoms with van der Waals surface area (Å²) in [5, 5.41) is 0. The number of nitrogens with zero attached hydrogens (tertiary/aromatic N) is 2. The normalized spacial score (nSPS) is 31.2. The van der Waals surface area contributed by atoms with Gasteiger partial charge in [0.05, 0.1) is 0 Å². The van der Waals surface area contributed by atoms with Crippen molar-refractivity contribution in [3.63, 3.8) is 0 Å². The average Bonchev–Trinajstić information content (AvgIpc) is 2.95. The zero-order chi connectivity index (χ0) is 14.6. The maximum absolute atomic E-state index is 6.30. The van der Waals surface area contributed by atoms with E-state index in [0.717, 1.165) is 25.0 Å². The van der Waals surface area contributed by atoms with Gasteiger partial charge in [-0.3, -0.25) is 4.90 Å². The summed E-state index contributed by atoms with van der Waals surface area (Å²) < 4.78 is 0. The quantitative estimate of drug-likeness (QED) is 0.779. The third-order valence-electron chi connectivity index (χ3n) is 6.04. The van der Waals surface area contributed by atoms with Crippen molar-refractivity contribution < 1.29 is 0 Å². The Balaban J connectivity index is 2.07. The molecule has 2 aliphatic heterocycles. The van der Waals surface area contributed by atoms with E-state index in [0.29, 0.717) is 0 Å². The van der Waals surface area contributed by atoms with Gasteiger partial charge < -0.3 is 10.6 Å². The van der Waals surface area contributed by atoms with Crippen LogP contribution in [0.25, 0.3) is 0 Å². The summed E-state index contributed by atoms with van der Waals surface area (Å²) in [6.45, 7) is 12.8. The predicted octanol–water partition coefficient (Wildman–Crippen LogP) is 2.70. The molecule has 2 unspecified atom stereocenters. The molecule has 0 amide bonds. The molecule has 3 nitrogen and oxygen atoms in total. The Morgan fingerprint density at radius 3 is 2.60 bits per heavy atom. The van der Waals surface area contributed by atoms with Crippen molar-refractivity contribution >= 4 is 0 Å². The van der Waals surface area contributed by atoms with Crippen LogP contribution in [0.4, 0.5) is 0 Å². The molecule has 0 aromatic carbocycles. The molecule has 0 aromatic heterocycles. The van der Waals surface area contributed by atoms with Crippen LogP contribution >= 0.6 is 0 Å². The third kappa shape index (κ3) is 3.20. The molecule has 3 heteroatoms. The number of hydrogen-bond acceptors (Lipinski definition) is 3. The van der Waals surface area contributed by atoms with Crippen molar-refractivity contribution in [2.45, 2.75) is 70.9 Å². The maximum atomic E-state index is 6.30. The molecule has 0 aromatic rings. The summed E-state index contributed by atoms with van der Waals surface area (Å²) in [6.07, 6.45) is 7.95. The zero-order valence-corrected chi connectivity index (χ0v) is 13.9. The molecular formula is C17H35N3. The highest BCUT2D eigenvalue weighted by molar-refractivity contribution is 5.02. The number of likely N-dealkylation sites (N-methyl/N-ethyl adjacent to an activating group) is 1. The standard InChI is InChI=1S/C17H35N3/c1-4-15(5-2)13-20(6-3)17(14-18)9-11-19-10-7-8-16(19)12-17/h15-16H,4-14,18H2,1-3H3. The first-order valence-corrected chi connectivity index (χ1v) is 8.88. The van der Waals surface area contributed by atoms with E-state index in [1.165, 1.54) is 58.2 Å². The lowest BCUT2D eigenvalue weighted by molar-refractivity contribution is 0.00355. The molecule has 2 aliphatic rings. The van der Waals surface area contributed by atoms with Gasteiger partial charge in [0.25, 0.3) is 0 Å². The highest BCUT2D eigenvalue weighted by atomic mass is 15.3. The van der Waals surface area contributed by atoms with Crippen molar-refractivity contribution in [1.82, 2.24) is 9.80 Å². The fraction of sp³-hybridized carbons (Fsp3) is 1.00. The van der Waals surface area contributed by atoms with Crippen LogP contribution in [0.15, 0.2) is 0 Å². The number of nitrogens with two attached hydrogens (primary N) is 1. The minimum atomic E-state index is 0.281. The second-order valence-corrected chi connectivity index (χ2v) is 6.94. The first kappa shape index (κ1) is 16.3. The molecule has 0 spiro atoms. The van der Waals surface area contributed by atoms with E-state index < -0.39 is 0 Å². The molecule has 2 fully saturated rings. The van der Waals surface area contributed by atoms with Crippen LogP contribution in [-0.2, 0) is 0 Å². The van der Waals surface area contributed by atoms with Crippen LogP contribution in [0.1, 0.15) is 59.3 Å². The first-order chi connectivity index (χ1) is 9.69. The minimum absolute atomic E-state index is 0.281. The highest BCUT2D eigenvalue weighted by Crippen LogP contribution is 2.37. The fourth-order valence-electron chi connectivity index (χ4n) is 4.43. The number of piperidine rings is 1. The van der Waals surface area contributed by atoms with Crippen molar-refractivity contribution in [2.75, 3.05) is 32.7 Å².